The Bertz CT molecular complexity index is 940. The molecule has 0 bridgehead atoms. The van der Waals surface area contributed by atoms with Gasteiger partial charge in [0.25, 0.3) is 0 Å². The summed E-state index contributed by atoms with van der Waals surface area (Å²) in [5.41, 5.74) is 3.27. The quantitative estimate of drug-likeness (QED) is 0.624. The van der Waals surface area contributed by atoms with Gasteiger partial charge in [-0.15, -0.1) is 0 Å². The summed E-state index contributed by atoms with van der Waals surface area (Å²) in [4.78, 5) is 12.5. The van der Waals surface area contributed by atoms with E-state index in [-0.39, 0.29) is 17.7 Å². The number of carbonyl (C=O) groups excluding carboxylic acids is 1. The molecule has 4 heteroatoms. The Morgan fingerprint density at radius 1 is 1.08 bits per heavy atom. The zero-order valence-corrected chi connectivity index (χ0v) is 15.4. The fourth-order valence-corrected chi connectivity index (χ4v) is 3.79. The number of para-hydroxylation sites is 1. The first kappa shape index (κ1) is 15.4. The second-order valence-corrected chi connectivity index (χ2v) is 7.37. The van der Waals surface area contributed by atoms with E-state index in [4.69, 9.17) is 0 Å². The molecular formula is C20H17IN2O. The standard InChI is InChI=1S/C20H17IN2O/c1-23-12-16(15-4-2-3-5-18(15)23)20-17(10-11-19(20)24)22-14-8-6-13(21)7-9-14/h2-12,17,20,22H,1H3/t17-,20+/m0/s1. The van der Waals surface area contributed by atoms with Gasteiger partial charge in [-0.25, -0.2) is 0 Å². The Hall–Kier alpha value is -2.08. The van der Waals surface area contributed by atoms with E-state index in [2.05, 4.69) is 75.1 Å². The van der Waals surface area contributed by atoms with Crippen LogP contribution in [0.1, 0.15) is 11.5 Å². The number of aromatic nitrogens is 1. The number of ketones is 1. The molecule has 0 amide bonds. The lowest BCUT2D eigenvalue weighted by Gasteiger charge is -2.20. The largest absolute Gasteiger partial charge is 0.378 e. The molecule has 2 aromatic carbocycles. The van der Waals surface area contributed by atoms with E-state index in [9.17, 15) is 4.79 Å². The highest BCUT2D eigenvalue weighted by Crippen LogP contribution is 2.35. The van der Waals surface area contributed by atoms with Crippen molar-refractivity contribution in [2.45, 2.75) is 12.0 Å². The molecule has 1 aromatic heterocycles. The van der Waals surface area contributed by atoms with E-state index in [1.807, 2.05) is 25.3 Å². The van der Waals surface area contributed by atoms with Crippen molar-refractivity contribution in [2.75, 3.05) is 5.32 Å². The minimum absolute atomic E-state index is 0.0247. The first-order valence-corrected chi connectivity index (χ1v) is 8.99. The van der Waals surface area contributed by atoms with Crippen molar-refractivity contribution in [1.29, 1.82) is 0 Å². The monoisotopic (exact) mass is 428 g/mol. The number of rotatable bonds is 3. The highest BCUT2D eigenvalue weighted by molar-refractivity contribution is 14.1. The second kappa shape index (κ2) is 6.09. The molecule has 2 atom stereocenters. The lowest BCUT2D eigenvalue weighted by molar-refractivity contribution is -0.115. The van der Waals surface area contributed by atoms with E-state index in [1.54, 1.807) is 6.08 Å². The number of aryl methyl sites for hydroxylation is 1. The number of halogens is 1. The van der Waals surface area contributed by atoms with Crippen molar-refractivity contribution in [3.8, 4) is 0 Å². The molecule has 1 aliphatic rings. The number of nitrogens with one attached hydrogen (secondary N) is 1. The third kappa shape index (κ3) is 2.65. The van der Waals surface area contributed by atoms with Crippen LogP contribution >= 0.6 is 22.6 Å². The van der Waals surface area contributed by atoms with E-state index in [1.165, 1.54) is 3.57 Å². The van der Waals surface area contributed by atoms with Crippen molar-refractivity contribution in [3.05, 3.63) is 76.0 Å². The van der Waals surface area contributed by atoms with Crippen molar-refractivity contribution in [3.63, 3.8) is 0 Å². The van der Waals surface area contributed by atoms with Crippen molar-refractivity contribution < 1.29 is 4.79 Å². The predicted molar refractivity (Wildman–Crippen MR) is 106 cm³/mol. The summed E-state index contributed by atoms with van der Waals surface area (Å²) in [6.07, 6.45) is 5.77. The minimum Gasteiger partial charge on any atom is -0.378 e. The molecule has 3 aromatic rings. The number of fused-ring (bicyclic) bond motifs is 1. The molecule has 0 radical (unpaired) electrons. The van der Waals surface area contributed by atoms with Crippen molar-refractivity contribution in [1.82, 2.24) is 4.57 Å². The Balaban J connectivity index is 1.72. The maximum absolute atomic E-state index is 12.5. The van der Waals surface area contributed by atoms with E-state index in [0.29, 0.717) is 0 Å². The van der Waals surface area contributed by atoms with Crippen LogP contribution in [0, 0.1) is 3.57 Å². The molecule has 0 unspecified atom stereocenters. The second-order valence-electron chi connectivity index (χ2n) is 6.13. The van der Waals surface area contributed by atoms with Crippen LogP contribution in [0.4, 0.5) is 5.69 Å². The Morgan fingerprint density at radius 3 is 2.62 bits per heavy atom. The van der Waals surface area contributed by atoms with Gasteiger partial charge in [0, 0.05) is 33.4 Å². The van der Waals surface area contributed by atoms with Gasteiger partial charge < -0.3 is 9.88 Å². The zero-order valence-electron chi connectivity index (χ0n) is 13.2. The molecule has 1 aliphatic carbocycles. The summed E-state index contributed by atoms with van der Waals surface area (Å²) in [5, 5.41) is 4.65. The van der Waals surface area contributed by atoms with Crippen LogP contribution in [-0.2, 0) is 11.8 Å². The van der Waals surface area contributed by atoms with Crippen LogP contribution in [0.25, 0.3) is 10.9 Å². The van der Waals surface area contributed by atoms with Crippen LogP contribution in [0.3, 0.4) is 0 Å². The highest BCUT2D eigenvalue weighted by Gasteiger charge is 2.33. The number of hydrogen-bond donors (Lipinski definition) is 1. The van der Waals surface area contributed by atoms with Crippen LogP contribution in [0.15, 0.2) is 66.9 Å². The lowest BCUT2D eigenvalue weighted by atomic mass is 9.92. The first-order chi connectivity index (χ1) is 11.6. The van der Waals surface area contributed by atoms with Crippen molar-refractivity contribution >= 4 is 45.0 Å². The summed E-state index contributed by atoms with van der Waals surface area (Å²) in [7, 11) is 2.03. The van der Waals surface area contributed by atoms with Crippen LogP contribution in [0.2, 0.25) is 0 Å². The smallest absolute Gasteiger partial charge is 0.165 e. The third-order valence-corrected chi connectivity index (χ3v) is 5.29. The van der Waals surface area contributed by atoms with Gasteiger partial charge in [0.2, 0.25) is 0 Å². The van der Waals surface area contributed by atoms with Crippen LogP contribution in [0.5, 0.6) is 0 Å². The molecule has 0 spiro atoms. The van der Waals surface area contributed by atoms with Gasteiger partial charge in [0.1, 0.15) is 0 Å². The number of benzene rings is 2. The number of hydrogen-bond acceptors (Lipinski definition) is 2. The normalized spacial score (nSPS) is 20.0. The van der Waals surface area contributed by atoms with Gasteiger partial charge in [0.15, 0.2) is 5.78 Å². The lowest BCUT2D eigenvalue weighted by Crippen LogP contribution is -2.25. The first-order valence-electron chi connectivity index (χ1n) is 7.91. The predicted octanol–water partition coefficient (Wildman–Crippen LogP) is 4.49. The minimum atomic E-state index is -0.185. The molecule has 0 aliphatic heterocycles. The number of carbonyl (C=O) groups is 1. The van der Waals surface area contributed by atoms with Crippen LogP contribution < -0.4 is 5.32 Å². The maximum Gasteiger partial charge on any atom is 0.165 e. The average Bonchev–Trinajstić information content (AvgIpc) is 3.10. The number of allylic oxidation sites excluding steroid dienone is 1. The molecule has 1 N–H and O–H groups in total. The van der Waals surface area contributed by atoms with Gasteiger partial charge in [-0.2, -0.15) is 0 Å². The maximum atomic E-state index is 12.5. The number of anilines is 1. The van der Waals surface area contributed by atoms with E-state index >= 15 is 0 Å². The molecule has 3 nitrogen and oxygen atoms in total. The molecule has 1 heterocycles. The fourth-order valence-electron chi connectivity index (χ4n) is 3.43. The summed E-state index contributed by atoms with van der Waals surface area (Å²) < 4.78 is 3.29. The Kier molecular flexibility index (Phi) is 3.92. The molecule has 24 heavy (non-hydrogen) atoms. The highest BCUT2D eigenvalue weighted by atomic mass is 127. The molecular weight excluding hydrogens is 411 g/mol. The van der Waals surface area contributed by atoms with E-state index in [0.717, 1.165) is 22.2 Å². The summed E-state index contributed by atoms with van der Waals surface area (Å²) in [5.74, 6) is -0.0234. The van der Waals surface area contributed by atoms with Gasteiger partial charge in [-0.1, -0.05) is 24.3 Å². The van der Waals surface area contributed by atoms with Crippen molar-refractivity contribution in [2.24, 2.45) is 7.05 Å². The molecule has 0 fully saturated rings. The van der Waals surface area contributed by atoms with E-state index < -0.39 is 0 Å². The van der Waals surface area contributed by atoms with Gasteiger partial charge in [0.05, 0.1) is 12.0 Å². The molecule has 4 rings (SSSR count). The number of nitrogens with zero attached hydrogens (tertiary/aromatic N) is 1. The molecule has 120 valence electrons. The average molecular weight is 428 g/mol. The fraction of sp³-hybridized carbons (Fsp3) is 0.150. The summed E-state index contributed by atoms with van der Waals surface area (Å²) in [6.45, 7) is 0. The Labute approximate surface area is 154 Å². The zero-order chi connectivity index (χ0) is 16.7. The summed E-state index contributed by atoms with van der Waals surface area (Å²) in [6, 6.07) is 16.5. The van der Waals surface area contributed by atoms with Gasteiger partial charge in [-0.3, -0.25) is 4.79 Å². The molecule has 0 saturated carbocycles. The SMILES string of the molecule is Cn1cc([C@H]2C(=O)C=C[C@@H]2Nc2ccc(I)cc2)c2ccccc21. The Morgan fingerprint density at radius 2 is 1.83 bits per heavy atom. The van der Waals surface area contributed by atoms with Gasteiger partial charge >= 0.3 is 0 Å². The van der Waals surface area contributed by atoms with Crippen LogP contribution in [-0.4, -0.2) is 16.4 Å². The summed E-state index contributed by atoms with van der Waals surface area (Å²) >= 11 is 2.29. The van der Waals surface area contributed by atoms with Gasteiger partial charge in [-0.05, 0) is 64.6 Å². The third-order valence-electron chi connectivity index (χ3n) is 4.57. The topological polar surface area (TPSA) is 34.0 Å². The molecule has 0 saturated heterocycles.